The van der Waals surface area contributed by atoms with Crippen molar-refractivity contribution < 1.29 is 9.53 Å². The topological polar surface area (TPSA) is 55.6 Å². The molecule has 110 valence electrons. The summed E-state index contributed by atoms with van der Waals surface area (Å²) in [6, 6.07) is 0.541. The number of ether oxygens (including phenoxy) is 1. The lowest BCUT2D eigenvalue weighted by molar-refractivity contribution is 0.00599. The molecular weight excluding hydrogens is 240 g/mol. The molecule has 0 aromatic rings. The molecule has 4 heteroatoms. The Morgan fingerprint density at radius 3 is 2.53 bits per heavy atom. The Morgan fingerprint density at radius 2 is 1.84 bits per heavy atom. The average molecular weight is 268 g/mol. The minimum Gasteiger partial charge on any atom is -0.444 e. The van der Waals surface area contributed by atoms with Gasteiger partial charge in [-0.15, -0.1) is 0 Å². The molecule has 1 saturated carbocycles. The average Bonchev–Trinajstić information content (AvgIpc) is 2.47. The molecule has 3 unspecified atom stereocenters. The van der Waals surface area contributed by atoms with Gasteiger partial charge in [-0.2, -0.15) is 0 Å². The molecule has 0 bridgehead atoms. The van der Waals surface area contributed by atoms with Crippen LogP contribution >= 0.6 is 0 Å². The molecule has 2 rings (SSSR count). The molecule has 19 heavy (non-hydrogen) atoms. The largest absolute Gasteiger partial charge is 0.444 e. The number of nitrogens with two attached hydrogens (primary N) is 1. The Bertz CT molecular complexity index is 325. The Kier molecular flexibility index (Phi) is 4.39. The minimum atomic E-state index is -0.421. The lowest BCUT2D eigenvalue weighted by Gasteiger charge is -2.40. The second kappa shape index (κ2) is 5.70. The molecule has 2 fully saturated rings. The van der Waals surface area contributed by atoms with Gasteiger partial charge in [-0.05, 0) is 52.4 Å². The highest BCUT2D eigenvalue weighted by Gasteiger charge is 2.39. The molecule has 4 nitrogen and oxygen atoms in total. The maximum Gasteiger partial charge on any atom is 0.410 e. The van der Waals surface area contributed by atoms with E-state index in [2.05, 4.69) is 0 Å². The second-order valence-corrected chi connectivity index (χ2v) is 7.00. The fourth-order valence-corrected chi connectivity index (χ4v) is 3.45. The van der Waals surface area contributed by atoms with Crippen molar-refractivity contribution in [3.05, 3.63) is 0 Å². The molecule has 1 heterocycles. The van der Waals surface area contributed by atoms with Crippen molar-refractivity contribution in [3.63, 3.8) is 0 Å². The van der Waals surface area contributed by atoms with Gasteiger partial charge in [0.15, 0.2) is 0 Å². The molecule has 1 aliphatic carbocycles. The van der Waals surface area contributed by atoms with Crippen LogP contribution in [-0.4, -0.2) is 35.2 Å². The molecule has 3 atom stereocenters. The number of carbonyl (C=O) groups is 1. The van der Waals surface area contributed by atoms with Crippen molar-refractivity contribution in [2.24, 2.45) is 11.7 Å². The number of carbonyl (C=O) groups excluding carboxylic acids is 1. The van der Waals surface area contributed by atoms with Gasteiger partial charge in [-0.3, -0.25) is 0 Å². The number of fused-ring (bicyclic) bond motifs is 1. The first kappa shape index (κ1) is 14.6. The summed E-state index contributed by atoms with van der Waals surface area (Å²) in [7, 11) is 0. The summed E-state index contributed by atoms with van der Waals surface area (Å²) in [6.45, 7) is 6.57. The standard InChI is InChI=1S/C15H28N2O2/c1-15(2,3)19-14(18)17-10-6-8-12(16)11-7-4-5-9-13(11)17/h11-13H,4-10,16H2,1-3H3. The van der Waals surface area contributed by atoms with E-state index in [1.54, 1.807) is 0 Å². The quantitative estimate of drug-likeness (QED) is 0.735. The first-order chi connectivity index (χ1) is 8.88. The zero-order valence-electron chi connectivity index (χ0n) is 12.5. The van der Waals surface area contributed by atoms with Crippen LogP contribution in [0.5, 0.6) is 0 Å². The summed E-state index contributed by atoms with van der Waals surface area (Å²) in [5.41, 5.74) is 5.88. The van der Waals surface area contributed by atoms with Crippen LogP contribution in [-0.2, 0) is 4.74 Å². The zero-order valence-corrected chi connectivity index (χ0v) is 12.5. The Balaban J connectivity index is 2.11. The van der Waals surface area contributed by atoms with Crippen molar-refractivity contribution >= 4 is 6.09 Å². The number of likely N-dealkylation sites (tertiary alicyclic amines) is 1. The lowest BCUT2D eigenvalue weighted by atomic mass is 9.79. The van der Waals surface area contributed by atoms with Gasteiger partial charge >= 0.3 is 6.09 Å². The van der Waals surface area contributed by atoms with Crippen LogP contribution in [0.4, 0.5) is 4.79 Å². The summed E-state index contributed by atoms with van der Waals surface area (Å²) in [5.74, 6) is 0.462. The minimum absolute atomic E-state index is 0.154. The van der Waals surface area contributed by atoms with Crippen molar-refractivity contribution in [2.75, 3.05) is 6.54 Å². The highest BCUT2D eigenvalue weighted by Crippen LogP contribution is 2.34. The van der Waals surface area contributed by atoms with E-state index < -0.39 is 5.60 Å². The molecule has 2 aliphatic rings. The van der Waals surface area contributed by atoms with Crippen molar-refractivity contribution in [2.45, 2.75) is 77.0 Å². The van der Waals surface area contributed by atoms with E-state index >= 15 is 0 Å². The highest BCUT2D eigenvalue weighted by molar-refractivity contribution is 5.68. The molecule has 0 aromatic heterocycles. The molecule has 0 spiro atoms. The van der Waals surface area contributed by atoms with Crippen molar-refractivity contribution in [3.8, 4) is 0 Å². The molecule has 1 aliphatic heterocycles. The van der Waals surface area contributed by atoms with Crippen LogP contribution < -0.4 is 5.73 Å². The maximum absolute atomic E-state index is 12.4. The lowest BCUT2D eigenvalue weighted by Crippen LogP contribution is -2.50. The van der Waals surface area contributed by atoms with E-state index in [-0.39, 0.29) is 12.1 Å². The zero-order chi connectivity index (χ0) is 14.0. The number of hydrogen-bond acceptors (Lipinski definition) is 3. The Morgan fingerprint density at radius 1 is 1.16 bits per heavy atom. The van der Waals surface area contributed by atoms with E-state index in [4.69, 9.17) is 10.5 Å². The van der Waals surface area contributed by atoms with Gasteiger partial charge in [0.05, 0.1) is 0 Å². The van der Waals surface area contributed by atoms with E-state index in [1.165, 1.54) is 12.8 Å². The maximum atomic E-state index is 12.4. The summed E-state index contributed by atoms with van der Waals surface area (Å²) in [5, 5.41) is 0. The van der Waals surface area contributed by atoms with Crippen molar-refractivity contribution in [1.29, 1.82) is 0 Å². The van der Waals surface area contributed by atoms with Crippen molar-refractivity contribution in [1.82, 2.24) is 4.90 Å². The molecular formula is C15H28N2O2. The van der Waals surface area contributed by atoms with E-state index in [0.717, 1.165) is 32.2 Å². The third kappa shape index (κ3) is 3.62. The number of rotatable bonds is 0. The molecule has 0 aromatic carbocycles. The molecule has 1 amide bonds. The second-order valence-electron chi connectivity index (χ2n) is 7.00. The Labute approximate surface area is 116 Å². The van der Waals surface area contributed by atoms with Crippen LogP contribution in [0, 0.1) is 5.92 Å². The summed E-state index contributed by atoms with van der Waals surface area (Å²) < 4.78 is 5.56. The predicted molar refractivity (Wildman–Crippen MR) is 75.9 cm³/mol. The summed E-state index contributed by atoms with van der Waals surface area (Å²) in [6.07, 6.45) is 6.55. The number of hydrogen-bond donors (Lipinski definition) is 1. The third-order valence-electron chi connectivity index (χ3n) is 4.30. The van der Waals surface area contributed by atoms with Crippen LogP contribution in [0.3, 0.4) is 0 Å². The van der Waals surface area contributed by atoms with E-state index in [0.29, 0.717) is 12.0 Å². The third-order valence-corrected chi connectivity index (χ3v) is 4.30. The first-order valence-corrected chi connectivity index (χ1v) is 7.64. The fourth-order valence-electron chi connectivity index (χ4n) is 3.45. The highest BCUT2D eigenvalue weighted by atomic mass is 16.6. The number of amides is 1. The Hall–Kier alpha value is -0.770. The SMILES string of the molecule is CC(C)(C)OC(=O)N1CCCC(N)C2CCCCC21. The smallest absolute Gasteiger partial charge is 0.410 e. The predicted octanol–water partition coefficient (Wildman–Crippen LogP) is 2.90. The van der Waals surface area contributed by atoms with Crippen LogP contribution in [0.25, 0.3) is 0 Å². The fraction of sp³-hybridized carbons (Fsp3) is 0.933. The van der Waals surface area contributed by atoms with Crippen LogP contribution in [0.1, 0.15) is 59.3 Å². The van der Waals surface area contributed by atoms with E-state index in [1.807, 2.05) is 25.7 Å². The van der Waals surface area contributed by atoms with Gasteiger partial charge in [0.25, 0.3) is 0 Å². The normalized spacial score (nSPS) is 32.4. The van der Waals surface area contributed by atoms with Gasteiger partial charge in [0.2, 0.25) is 0 Å². The van der Waals surface area contributed by atoms with Crippen LogP contribution in [0.2, 0.25) is 0 Å². The van der Waals surface area contributed by atoms with Crippen LogP contribution in [0.15, 0.2) is 0 Å². The molecule has 2 N–H and O–H groups in total. The number of nitrogens with zero attached hydrogens (tertiary/aromatic N) is 1. The van der Waals surface area contributed by atoms with Gasteiger partial charge in [0, 0.05) is 18.6 Å². The summed E-state index contributed by atoms with van der Waals surface area (Å²) >= 11 is 0. The molecule has 1 saturated heterocycles. The van der Waals surface area contributed by atoms with Gasteiger partial charge in [-0.1, -0.05) is 12.8 Å². The summed E-state index contributed by atoms with van der Waals surface area (Å²) in [4.78, 5) is 14.4. The first-order valence-electron chi connectivity index (χ1n) is 7.64. The monoisotopic (exact) mass is 268 g/mol. The van der Waals surface area contributed by atoms with Gasteiger partial charge in [-0.25, -0.2) is 4.79 Å². The van der Waals surface area contributed by atoms with Gasteiger partial charge < -0.3 is 15.4 Å². The van der Waals surface area contributed by atoms with E-state index in [9.17, 15) is 4.79 Å². The molecule has 0 radical (unpaired) electrons. The van der Waals surface area contributed by atoms with Gasteiger partial charge in [0.1, 0.15) is 5.60 Å².